The van der Waals surface area contributed by atoms with Crippen molar-refractivity contribution in [3.05, 3.63) is 53.8 Å². The van der Waals surface area contributed by atoms with Crippen molar-refractivity contribution in [2.24, 2.45) is 0 Å². The predicted octanol–water partition coefficient (Wildman–Crippen LogP) is 3.67. The van der Waals surface area contributed by atoms with Crippen LogP contribution < -0.4 is 9.47 Å². The van der Waals surface area contributed by atoms with Gasteiger partial charge in [-0.05, 0) is 42.0 Å². The molecule has 0 unspecified atom stereocenters. The van der Waals surface area contributed by atoms with Crippen LogP contribution in [0.3, 0.4) is 0 Å². The van der Waals surface area contributed by atoms with Crippen molar-refractivity contribution in [3.8, 4) is 11.5 Å². The molecule has 2 aromatic carbocycles. The topological polar surface area (TPSA) is 42.0 Å². The van der Waals surface area contributed by atoms with Crippen LogP contribution >= 0.6 is 11.8 Å². The molecular weight excluding hydrogens is 391 g/mol. The minimum absolute atomic E-state index is 0.186. The summed E-state index contributed by atoms with van der Waals surface area (Å²) in [6, 6.07) is 12.4. The van der Waals surface area contributed by atoms with Crippen LogP contribution in [0.1, 0.15) is 12.0 Å². The highest BCUT2D eigenvalue weighted by atomic mass is 32.2. The van der Waals surface area contributed by atoms with E-state index in [2.05, 4.69) is 4.90 Å². The highest BCUT2D eigenvalue weighted by molar-refractivity contribution is 7.99. The van der Waals surface area contributed by atoms with E-state index in [0.29, 0.717) is 12.2 Å². The van der Waals surface area contributed by atoms with Crippen LogP contribution in [0.2, 0.25) is 0 Å². The molecule has 1 saturated heterocycles. The summed E-state index contributed by atoms with van der Waals surface area (Å²) >= 11 is 1.58. The maximum absolute atomic E-state index is 12.9. The molecule has 3 rings (SSSR count). The molecule has 2 aromatic rings. The van der Waals surface area contributed by atoms with Gasteiger partial charge in [-0.1, -0.05) is 6.07 Å². The standard InChI is InChI=1S/C22H27FN2O3S/c1-27-20-8-3-17(15-21(20)28-2)16-24-10-12-25(13-11-24)22(26)9-14-29-19-6-4-18(23)5-7-19/h3-8,15H,9-14,16H2,1-2H3. The normalized spacial score (nSPS) is 14.7. The van der Waals surface area contributed by atoms with Crippen LogP contribution in [0.25, 0.3) is 0 Å². The zero-order chi connectivity index (χ0) is 20.6. The molecule has 0 spiro atoms. The number of carbonyl (C=O) groups is 1. The van der Waals surface area contributed by atoms with Crippen LogP contribution in [0.15, 0.2) is 47.4 Å². The van der Waals surface area contributed by atoms with Crippen molar-refractivity contribution < 1.29 is 18.7 Å². The van der Waals surface area contributed by atoms with Gasteiger partial charge in [0.2, 0.25) is 5.91 Å². The van der Waals surface area contributed by atoms with Gasteiger partial charge in [-0.15, -0.1) is 11.8 Å². The molecule has 1 aliphatic rings. The second-order valence-electron chi connectivity index (χ2n) is 6.90. The first-order valence-corrected chi connectivity index (χ1v) is 10.7. The van der Waals surface area contributed by atoms with E-state index in [1.54, 1.807) is 38.1 Å². The number of piperazine rings is 1. The minimum atomic E-state index is -0.239. The summed E-state index contributed by atoms with van der Waals surface area (Å²) in [7, 11) is 3.27. The summed E-state index contributed by atoms with van der Waals surface area (Å²) in [5.74, 6) is 2.11. The first-order chi connectivity index (χ1) is 14.1. The lowest BCUT2D eigenvalue weighted by atomic mass is 10.1. The number of rotatable bonds is 8. The van der Waals surface area contributed by atoms with Gasteiger partial charge in [-0.2, -0.15) is 0 Å². The Morgan fingerprint density at radius 3 is 2.34 bits per heavy atom. The molecule has 1 amide bonds. The number of amides is 1. The molecule has 5 nitrogen and oxygen atoms in total. The van der Waals surface area contributed by atoms with Crippen molar-refractivity contribution in [3.63, 3.8) is 0 Å². The molecule has 1 aliphatic heterocycles. The molecule has 0 radical (unpaired) electrons. The van der Waals surface area contributed by atoms with Gasteiger partial charge in [0.15, 0.2) is 11.5 Å². The molecule has 0 aromatic heterocycles. The Balaban J connectivity index is 1.41. The fourth-order valence-electron chi connectivity index (χ4n) is 3.34. The predicted molar refractivity (Wildman–Crippen MR) is 113 cm³/mol. The SMILES string of the molecule is COc1ccc(CN2CCN(C(=O)CCSc3ccc(F)cc3)CC2)cc1OC. The van der Waals surface area contributed by atoms with Gasteiger partial charge >= 0.3 is 0 Å². The summed E-state index contributed by atoms with van der Waals surface area (Å²) in [5.41, 5.74) is 1.16. The van der Waals surface area contributed by atoms with E-state index in [1.165, 1.54) is 12.1 Å². The number of nitrogens with zero attached hydrogens (tertiary/aromatic N) is 2. The summed E-state index contributed by atoms with van der Waals surface area (Å²) in [5, 5.41) is 0. The molecule has 1 fully saturated rings. The first-order valence-electron chi connectivity index (χ1n) is 9.68. The third-order valence-corrected chi connectivity index (χ3v) is 5.99. The number of halogens is 1. The van der Waals surface area contributed by atoms with E-state index in [4.69, 9.17) is 9.47 Å². The van der Waals surface area contributed by atoms with Crippen LogP contribution in [0.5, 0.6) is 11.5 Å². The van der Waals surface area contributed by atoms with E-state index in [1.807, 2.05) is 23.1 Å². The third-order valence-electron chi connectivity index (χ3n) is 4.98. The number of benzene rings is 2. The summed E-state index contributed by atoms with van der Waals surface area (Å²) < 4.78 is 23.6. The molecule has 0 saturated carbocycles. The van der Waals surface area contributed by atoms with Crippen molar-refractivity contribution in [2.75, 3.05) is 46.2 Å². The average molecular weight is 419 g/mol. The lowest BCUT2D eigenvalue weighted by Crippen LogP contribution is -2.48. The van der Waals surface area contributed by atoms with Crippen molar-refractivity contribution in [2.45, 2.75) is 17.9 Å². The number of hydrogen-bond acceptors (Lipinski definition) is 5. The Morgan fingerprint density at radius 1 is 1.00 bits per heavy atom. The van der Waals surface area contributed by atoms with Crippen LogP contribution in [0, 0.1) is 5.82 Å². The van der Waals surface area contributed by atoms with E-state index in [-0.39, 0.29) is 11.7 Å². The monoisotopic (exact) mass is 418 g/mol. The Hall–Kier alpha value is -2.25. The van der Waals surface area contributed by atoms with E-state index in [0.717, 1.165) is 54.7 Å². The Bertz CT molecular complexity index is 808. The number of ether oxygens (including phenoxy) is 2. The Kier molecular flexibility index (Phi) is 7.77. The Labute approximate surface area is 175 Å². The zero-order valence-corrected chi connectivity index (χ0v) is 17.7. The maximum Gasteiger partial charge on any atom is 0.223 e. The third kappa shape index (κ3) is 6.11. The second-order valence-corrected chi connectivity index (χ2v) is 8.07. The maximum atomic E-state index is 12.9. The second kappa shape index (κ2) is 10.5. The highest BCUT2D eigenvalue weighted by Gasteiger charge is 2.21. The van der Waals surface area contributed by atoms with E-state index < -0.39 is 0 Å². The van der Waals surface area contributed by atoms with Gasteiger partial charge in [0.1, 0.15) is 5.82 Å². The molecule has 0 aliphatic carbocycles. The average Bonchev–Trinajstić information content (AvgIpc) is 2.75. The largest absolute Gasteiger partial charge is 0.493 e. The highest BCUT2D eigenvalue weighted by Crippen LogP contribution is 2.28. The van der Waals surface area contributed by atoms with Crippen LogP contribution in [0.4, 0.5) is 4.39 Å². The molecule has 0 bridgehead atoms. The van der Waals surface area contributed by atoms with Crippen LogP contribution in [-0.2, 0) is 11.3 Å². The Morgan fingerprint density at radius 2 is 1.69 bits per heavy atom. The quantitative estimate of drug-likeness (QED) is 0.612. The van der Waals surface area contributed by atoms with Gasteiger partial charge < -0.3 is 14.4 Å². The number of carbonyl (C=O) groups excluding carboxylic acids is 1. The summed E-state index contributed by atoms with van der Waals surface area (Å²) in [6.45, 7) is 4.01. The molecule has 0 atom stereocenters. The molecule has 1 heterocycles. The number of hydrogen-bond donors (Lipinski definition) is 0. The van der Waals surface area contributed by atoms with Gasteiger partial charge in [0, 0.05) is 49.8 Å². The molecule has 29 heavy (non-hydrogen) atoms. The summed E-state index contributed by atoms with van der Waals surface area (Å²) in [4.78, 5) is 17.7. The number of methoxy groups -OCH3 is 2. The van der Waals surface area contributed by atoms with Crippen molar-refractivity contribution in [1.82, 2.24) is 9.80 Å². The molecule has 156 valence electrons. The lowest BCUT2D eigenvalue weighted by Gasteiger charge is -2.35. The first kappa shape index (κ1) is 21.5. The van der Waals surface area contributed by atoms with E-state index >= 15 is 0 Å². The zero-order valence-electron chi connectivity index (χ0n) is 16.9. The van der Waals surface area contributed by atoms with Crippen LogP contribution in [-0.4, -0.2) is 61.9 Å². The lowest BCUT2D eigenvalue weighted by molar-refractivity contribution is -0.132. The fourth-order valence-corrected chi connectivity index (χ4v) is 4.18. The van der Waals surface area contributed by atoms with E-state index in [9.17, 15) is 9.18 Å². The fraction of sp³-hybridized carbons (Fsp3) is 0.409. The van der Waals surface area contributed by atoms with Gasteiger partial charge in [0.25, 0.3) is 0 Å². The molecular formula is C22H27FN2O3S. The summed E-state index contributed by atoms with van der Waals surface area (Å²) in [6.07, 6.45) is 0.498. The minimum Gasteiger partial charge on any atom is -0.493 e. The number of thioether (sulfide) groups is 1. The van der Waals surface area contributed by atoms with Crippen molar-refractivity contribution >= 4 is 17.7 Å². The van der Waals surface area contributed by atoms with Crippen molar-refractivity contribution in [1.29, 1.82) is 0 Å². The molecule has 7 heteroatoms. The molecule has 0 N–H and O–H groups in total. The van der Waals surface area contributed by atoms with Gasteiger partial charge in [-0.25, -0.2) is 4.39 Å². The van der Waals surface area contributed by atoms with Gasteiger partial charge in [0.05, 0.1) is 14.2 Å². The smallest absolute Gasteiger partial charge is 0.223 e. The van der Waals surface area contributed by atoms with Gasteiger partial charge in [-0.3, -0.25) is 9.69 Å².